The SMILES string of the molecule is Cc1ccc(C(=O)Nc2ccc(NC3CCCCC3)cc2)cc1NC(=O)c1ccco1. The first-order chi connectivity index (χ1) is 15.1. The summed E-state index contributed by atoms with van der Waals surface area (Å²) in [6.07, 6.45) is 7.77. The van der Waals surface area contributed by atoms with Crippen molar-refractivity contribution in [3.05, 3.63) is 77.7 Å². The Bertz CT molecular complexity index is 1040. The van der Waals surface area contributed by atoms with E-state index < -0.39 is 0 Å². The van der Waals surface area contributed by atoms with Gasteiger partial charge in [-0.1, -0.05) is 25.3 Å². The van der Waals surface area contributed by atoms with Crippen molar-refractivity contribution >= 4 is 28.9 Å². The lowest BCUT2D eigenvalue weighted by Gasteiger charge is -2.23. The molecule has 3 aromatic rings. The second-order valence-electron chi connectivity index (χ2n) is 7.97. The maximum atomic E-state index is 12.7. The number of hydrogen-bond acceptors (Lipinski definition) is 4. The quantitative estimate of drug-likeness (QED) is 0.471. The molecule has 3 N–H and O–H groups in total. The number of amides is 2. The van der Waals surface area contributed by atoms with Gasteiger partial charge in [0.25, 0.3) is 11.8 Å². The van der Waals surface area contributed by atoms with Gasteiger partial charge in [-0.25, -0.2) is 0 Å². The molecule has 0 aliphatic heterocycles. The number of rotatable bonds is 6. The molecule has 0 spiro atoms. The van der Waals surface area contributed by atoms with Crippen LogP contribution in [-0.4, -0.2) is 17.9 Å². The smallest absolute Gasteiger partial charge is 0.291 e. The summed E-state index contributed by atoms with van der Waals surface area (Å²) < 4.78 is 5.13. The van der Waals surface area contributed by atoms with Crippen LogP contribution in [0, 0.1) is 6.92 Å². The van der Waals surface area contributed by atoms with Crippen LogP contribution < -0.4 is 16.0 Å². The third-order valence-corrected chi connectivity index (χ3v) is 5.61. The van der Waals surface area contributed by atoms with Gasteiger partial charge in [0.1, 0.15) is 0 Å². The van der Waals surface area contributed by atoms with Crippen molar-refractivity contribution in [1.82, 2.24) is 0 Å². The van der Waals surface area contributed by atoms with E-state index in [0.717, 1.165) is 16.9 Å². The first-order valence-electron chi connectivity index (χ1n) is 10.7. The summed E-state index contributed by atoms with van der Waals surface area (Å²) in [7, 11) is 0. The second kappa shape index (κ2) is 9.51. The summed E-state index contributed by atoms with van der Waals surface area (Å²) in [6, 6.07) is 16.8. The van der Waals surface area contributed by atoms with Gasteiger partial charge < -0.3 is 20.4 Å². The normalized spacial score (nSPS) is 14.1. The zero-order valence-corrected chi connectivity index (χ0v) is 17.6. The highest BCUT2D eigenvalue weighted by Gasteiger charge is 2.14. The van der Waals surface area contributed by atoms with Crippen molar-refractivity contribution in [2.45, 2.75) is 45.1 Å². The average molecular weight is 418 g/mol. The van der Waals surface area contributed by atoms with Crippen molar-refractivity contribution in [1.29, 1.82) is 0 Å². The topological polar surface area (TPSA) is 83.4 Å². The number of carbonyl (C=O) groups is 2. The highest BCUT2D eigenvalue weighted by atomic mass is 16.3. The lowest BCUT2D eigenvalue weighted by Crippen LogP contribution is -2.22. The molecule has 31 heavy (non-hydrogen) atoms. The molecule has 1 fully saturated rings. The molecule has 2 aromatic carbocycles. The van der Waals surface area contributed by atoms with E-state index in [4.69, 9.17) is 4.42 Å². The van der Waals surface area contributed by atoms with Gasteiger partial charge in [-0.05, 0) is 73.9 Å². The van der Waals surface area contributed by atoms with Gasteiger partial charge in [-0.15, -0.1) is 0 Å². The van der Waals surface area contributed by atoms with Crippen molar-refractivity contribution in [2.24, 2.45) is 0 Å². The molecule has 1 aliphatic rings. The number of hydrogen-bond donors (Lipinski definition) is 3. The van der Waals surface area contributed by atoms with Crippen molar-refractivity contribution in [3.63, 3.8) is 0 Å². The molecule has 2 amide bonds. The summed E-state index contributed by atoms with van der Waals surface area (Å²) in [5, 5.41) is 9.29. The third kappa shape index (κ3) is 5.34. The zero-order chi connectivity index (χ0) is 21.6. The monoisotopic (exact) mass is 417 g/mol. The van der Waals surface area contributed by atoms with E-state index in [9.17, 15) is 9.59 Å². The second-order valence-corrected chi connectivity index (χ2v) is 7.97. The van der Waals surface area contributed by atoms with Gasteiger partial charge in [-0.3, -0.25) is 9.59 Å². The Kier molecular flexibility index (Phi) is 6.36. The van der Waals surface area contributed by atoms with E-state index in [1.165, 1.54) is 38.4 Å². The molecule has 1 aliphatic carbocycles. The van der Waals surface area contributed by atoms with Crippen LogP contribution in [0.1, 0.15) is 58.6 Å². The molecule has 0 saturated heterocycles. The Labute approximate surface area is 182 Å². The number of aryl methyl sites for hydroxylation is 1. The standard InChI is InChI=1S/C25H27N3O3/c1-17-9-10-18(16-22(17)28-25(30)23-8-5-15-31-23)24(29)27-21-13-11-20(12-14-21)26-19-6-3-2-4-7-19/h5,8-16,19,26H,2-4,6-7H2,1H3,(H,27,29)(H,28,30). The minimum atomic E-state index is -0.355. The van der Waals surface area contributed by atoms with Gasteiger partial charge in [0.05, 0.1) is 6.26 Å². The predicted molar refractivity (Wildman–Crippen MR) is 123 cm³/mol. The maximum absolute atomic E-state index is 12.7. The van der Waals surface area contributed by atoms with Crippen LogP contribution in [0.4, 0.5) is 17.1 Å². The van der Waals surface area contributed by atoms with Gasteiger partial charge in [0.2, 0.25) is 0 Å². The molecule has 4 rings (SSSR count). The molecular formula is C25H27N3O3. The molecule has 6 nitrogen and oxygen atoms in total. The van der Waals surface area contributed by atoms with E-state index >= 15 is 0 Å². The Morgan fingerprint density at radius 1 is 0.871 bits per heavy atom. The highest BCUT2D eigenvalue weighted by molar-refractivity contribution is 6.07. The van der Waals surface area contributed by atoms with E-state index in [-0.39, 0.29) is 17.6 Å². The number of carbonyl (C=O) groups excluding carboxylic acids is 2. The van der Waals surface area contributed by atoms with E-state index in [2.05, 4.69) is 16.0 Å². The fraction of sp³-hybridized carbons (Fsp3) is 0.280. The Hall–Kier alpha value is -3.54. The van der Waals surface area contributed by atoms with Crippen LogP contribution in [0.3, 0.4) is 0 Å². The first kappa shape index (κ1) is 20.7. The summed E-state index contributed by atoms with van der Waals surface area (Å²) in [4.78, 5) is 25.0. The highest BCUT2D eigenvalue weighted by Crippen LogP contribution is 2.23. The summed E-state index contributed by atoms with van der Waals surface area (Å²) >= 11 is 0. The van der Waals surface area contributed by atoms with Crippen molar-refractivity contribution in [2.75, 3.05) is 16.0 Å². The van der Waals surface area contributed by atoms with Crippen LogP contribution in [0.2, 0.25) is 0 Å². The largest absolute Gasteiger partial charge is 0.459 e. The molecule has 160 valence electrons. The molecular weight excluding hydrogens is 390 g/mol. The van der Waals surface area contributed by atoms with Crippen LogP contribution in [-0.2, 0) is 0 Å². The van der Waals surface area contributed by atoms with Crippen LogP contribution >= 0.6 is 0 Å². The maximum Gasteiger partial charge on any atom is 0.291 e. The van der Waals surface area contributed by atoms with Crippen LogP contribution in [0.5, 0.6) is 0 Å². The molecule has 0 atom stereocenters. The number of benzene rings is 2. The number of anilines is 3. The molecule has 1 saturated carbocycles. The molecule has 0 unspecified atom stereocenters. The van der Waals surface area contributed by atoms with Gasteiger partial charge in [-0.2, -0.15) is 0 Å². The predicted octanol–water partition coefficient (Wildman–Crippen LogP) is 5.84. The minimum Gasteiger partial charge on any atom is -0.459 e. The first-order valence-corrected chi connectivity index (χ1v) is 10.7. The lowest BCUT2D eigenvalue weighted by molar-refractivity contribution is 0.0993. The summed E-state index contributed by atoms with van der Waals surface area (Å²) in [6.45, 7) is 1.87. The van der Waals surface area contributed by atoms with E-state index in [1.807, 2.05) is 37.3 Å². The van der Waals surface area contributed by atoms with Gasteiger partial charge >= 0.3 is 0 Å². The fourth-order valence-corrected chi connectivity index (χ4v) is 3.83. The number of furan rings is 1. The zero-order valence-electron chi connectivity index (χ0n) is 17.6. The minimum absolute atomic E-state index is 0.219. The Balaban J connectivity index is 1.39. The van der Waals surface area contributed by atoms with Crippen LogP contribution in [0.25, 0.3) is 0 Å². The molecule has 1 aromatic heterocycles. The third-order valence-electron chi connectivity index (χ3n) is 5.61. The number of nitrogens with one attached hydrogen (secondary N) is 3. The molecule has 6 heteroatoms. The van der Waals surface area contributed by atoms with Crippen LogP contribution in [0.15, 0.2) is 65.3 Å². The van der Waals surface area contributed by atoms with Crippen molar-refractivity contribution < 1.29 is 14.0 Å². The Morgan fingerprint density at radius 3 is 2.32 bits per heavy atom. The van der Waals surface area contributed by atoms with Gasteiger partial charge in [0.15, 0.2) is 5.76 Å². The van der Waals surface area contributed by atoms with Crippen molar-refractivity contribution in [3.8, 4) is 0 Å². The average Bonchev–Trinajstić information content (AvgIpc) is 3.32. The lowest BCUT2D eigenvalue weighted by atomic mass is 9.95. The summed E-state index contributed by atoms with van der Waals surface area (Å²) in [5.41, 5.74) is 3.68. The molecule has 0 radical (unpaired) electrons. The van der Waals surface area contributed by atoms with E-state index in [1.54, 1.807) is 24.3 Å². The van der Waals surface area contributed by atoms with E-state index in [0.29, 0.717) is 17.3 Å². The Morgan fingerprint density at radius 2 is 1.61 bits per heavy atom. The summed E-state index contributed by atoms with van der Waals surface area (Å²) in [5.74, 6) is -0.371. The fourth-order valence-electron chi connectivity index (χ4n) is 3.83. The van der Waals surface area contributed by atoms with Gasteiger partial charge in [0, 0.05) is 28.7 Å². The molecule has 1 heterocycles. The molecule has 0 bridgehead atoms.